The van der Waals surface area contributed by atoms with Crippen LogP contribution in [0.2, 0.25) is 0 Å². The Kier molecular flexibility index (Phi) is 1.76. The Bertz CT molecular complexity index is 232. The summed E-state index contributed by atoms with van der Waals surface area (Å²) in [4.78, 5) is 11.4. The first kappa shape index (κ1) is 7.99. The number of carbonyl (C=O) groups is 1. The van der Waals surface area contributed by atoms with Gasteiger partial charge in [0.15, 0.2) is 5.78 Å². The van der Waals surface area contributed by atoms with Crippen molar-refractivity contribution in [2.45, 2.75) is 16.1 Å². The summed E-state index contributed by atoms with van der Waals surface area (Å²) in [5, 5.41) is 0. The van der Waals surface area contributed by atoms with E-state index in [1.165, 1.54) is 0 Å². The average molecular weight is 280 g/mol. The van der Waals surface area contributed by atoms with Crippen LogP contribution in [-0.4, -0.2) is 9.02 Å². The molecule has 0 aliphatic heterocycles. The molecule has 0 aromatic carbocycles. The maximum Gasteiger partial charge on any atom is 0.164 e. The van der Waals surface area contributed by atoms with E-state index in [0.717, 1.165) is 12.8 Å². The van der Waals surface area contributed by atoms with Crippen LogP contribution in [-0.2, 0) is 4.79 Å². The lowest BCUT2D eigenvalue weighted by Gasteiger charge is -2.46. The molecule has 2 aliphatic carbocycles. The predicted molar refractivity (Wildman–Crippen MR) is 50.9 cm³/mol. The van der Waals surface area contributed by atoms with Gasteiger partial charge in [0.05, 0.1) is 0 Å². The molecule has 3 heteroatoms. The van der Waals surface area contributed by atoms with E-state index in [9.17, 15) is 4.79 Å². The van der Waals surface area contributed by atoms with Gasteiger partial charge < -0.3 is 0 Å². The number of fused-ring (bicyclic) bond motifs is 1. The Balaban J connectivity index is 2.27. The fourth-order valence-electron chi connectivity index (χ4n) is 1.82. The van der Waals surface area contributed by atoms with E-state index in [0.29, 0.717) is 11.7 Å². The maximum atomic E-state index is 11.4. The van der Waals surface area contributed by atoms with Crippen LogP contribution in [0.3, 0.4) is 0 Å². The third kappa shape index (κ3) is 0.970. The minimum atomic E-state index is -0.429. The largest absolute Gasteiger partial charge is 0.297 e. The van der Waals surface area contributed by atoms with E-state index < -0.39 is 3.23 Å². The number of Topliss-reactive ketones (excluding diaryl/α,β-unsaturated/α-hetero) is 1. The van der Waals surface area contributed by atoms with E-state index in [1.807, 2.05) is 0 Å². The van der Waals surface area contributed by atoms with Crippen LogP contribution in [0, 0.1) is 11.8 Å². The smallest absolute Gasteiger partial charge is 0.164 e. The van der Waals surface area contributed by atoms with Crippen LogP contribution < -0.4 is 0 Å². The Morgan fingerprint density at radius 2 is 2.27 bits per heavy atom. The van der Waals surface area contributed by atoms with Crippen LogP contribution in [0.15, 0.2) is 12.2 Å². The van der Waals surface area contributed by atoms with Gasteiger partial charge in [0.1, 0.15) is 3.23 Å². The van der Waals surface area contributed by atoms with Gasteiger partial charge in [0, 0.05) is 11.8 Å². The summed E-state index contributed by atoms with van der Waals surface area (Å²) in [6.07, 6.45) is 6.38. The zero-order chi connectivity index (χ0) is 8.06. The second-order valence-electron chi connectivity index (χ2n) is 3.12. The van der Waals surface area contributed by atoms with Crippen molar-refractivity contribution >= 4 is 37.6 Å². The minimum Gasteiger partial charge on any atom is -0.297 e. The van der Waals surface area contributed by atoms with Gasteiger partial charge in [-0.05, 0) is 12.8 Å². The van der Waals surface area contributed by atoms with Gasteiger partial charge in [0.25, 0.3) is 0 Å². The van der Waals surface area contributed by atoms with Crippen LogP contribution in [0.25, 0.3) is 0 Å². The summed E-state index contributed by atoms with van der Waals surface area (Å²) in [5.41, 5.74) is 0. The molecule has 0 heterocycles. The zero-order valence-corrected chi connectivity index (χ0v) is 9.06. The fraction of sp³-hybridized carbons (Fsp3) is 0.625. The molecule has 2 atom stereocenters. The lowest BCUT2D eigenvalue weighted by Crippen LogP contribution is -2.55. The first-order chi connectivity index (χ1) is 5.14. The molecule has 1 saturated carbocycles. The van der Waals surface area contributed by atoms with Crippen LogP contribution in [0.4, 0.5) is 0 Å². The molecule has 0 aromatic heterocycles. The number of alkyl halides is 2. The fourth-order valence-corrected chi connectivity index (χ4v) is 3.35. The van der Waals surface area contributed by atoms with Gasteiger partial charge in [0.2, 0.25) is 0 Å². The Morgan fingerprint density at radius 1 is 1.55 bits per heavy atom. The molecule has 2 rings (SSSR count). The average Bonchev–Trinajstić information content (AvgIpc) is 2.04. The van der Waals surface area contributed by atoms with Gasteiger partial charge in [-0.15, -0.1) is 0 Å². The molecule has 11 heavy (non-hydrogen) atoms. The van der Waals surface area contributed by atoms with Crippen molar-refractivity contribution in [2.24, 2.45) is 11.8 Å². The van der Waals surface area contributed by atoms with E-state index in [4.69, 9.17) is 0 Å². The first-order valence-corrected chi connectivity index (χ1v) is 5.31. The van der Waals surface area contributed by atoms with Crippen LogP contribution in [0.1, 0.15) is 12.8 Å². The standard InChI is InChI=1S/C8H8Br2O/c9-8(10)6-4-2-1-3-5(6)7(8)11/h2,4-6H,1,3H2/t5-,6+/m0/s1. The highest BCUT2D eigenvalue weighted by atomic mass is 79.9. The molecule has 0 saturated heterocycles. The highest BCUT2D eigenvalue weighted by Gasteiger charge is 2.58. The highest BCUT2D eigenvalue weighted by Crippen LogP contribution is 2.55. The van der Waals surface area contributed by atoms with Crippen molar-refractivity contribution in [3.05, 3.63) is 12.2 Å². The van der Waals surface area contributed by atoms with Gasteiger partial charge in [-0.2, -0.15) is 0 Å². The number of rotatable bonds is 0. The van der Waals surface area contributed by atoms with E-state index in [-0.39, 0.29) is 5.92 Å². The molecule has 60 valence electrons. The Labute approximate surface area is 82.5 Å². The van der Waals surface area contributed by atoms with Crippen LogP contribution >= 0.6 is 31.9 Å². The molecule has 0 bridgehead atoms. The van der Waals surface area contributed by atoms with Crippen LogP contribution in [0.5, 0.6) is 0 Å². The van der Waals surface area contributed by atoms with Gasteiger partial charge in [-0.25, -0.2) is 0 Å². The van der Waals surface area contributed by atoms with Gasteiger partial charge >= 0.3 is 0 Å². The molecule has 0 spiro atoms. The number of hydrogen-bond acceptors (Lipinski definition) is 1. The predicted octanol–water partition coefficient (Wildman–Crippen LogP) is 2.64. The normalized spacial score (nSPS) is 39.6. The molecule has 0 amide bonds. The summed E-state index contributed by atoms with van der Waals surface area (Å²) in [6, 6.07) is 0. The highest BCUT2D eigenvalue weighted by molar-refractivity contribution is 9.26. The SMILES string of the molecule is O=C1[C@H]2CCC=C[C@H]2C1(Br)Br. The van der Waals surface area contributed by atoms with Crippen molar-refractivity contribution in [3.63, 3.8) is 0 Å². The quantitative estimate of drug-likeness (QED) is 0.492. The van der Waals surface area contributed by atoms with E-state index >= 15 is 0 Å². The lowest BCUT2D eigenvalue weighted by atomic mass is 9.67. The minimum absolute atomic E-state index is 0.277. The molecular weight excluding hydrogens is 272 g/mol. The summed E-state index contributed by atoms with van der Waals surface area (Å²) in [6.45, 7) is 0. The number of ketones is 1. The number of allylic oxidation sites excluding steroid dienone is 2. The summed E-state index contributed by atoms with van der Waals surface area (Å²) >= 11 is 6.77. The van der Waals surface area contributed by atoms with E-state index in [2.05, 4.69) is 44.0 Å². The summed E-state index contributed by atoms with van der Waals surface area (Å²) < 4.78 is -0.429. The molecule has 0 unspecified atom stereocenters. The third-order valence-electron chi connectivity index (χ3n) is 2.51. The molecule has 2 aliphatic rings. The summed E-state index contributed by atoms with van der Waals surface area (Å²) in [5.74, 6) is 0.967. The van der Waals surface area contributed by atoms with E-state index in [1.54, 1.807) is 0 Å². The second kappa shape index (κ2) is 2.43. The molecule has 0 N–H and O–H groups in total. The Morgan fingerprint density at radius 3 is 2.91 bits per heavy atom. The number of carbonyl (C=O) groups excluding carboxylic acids is 1. The monoisotopic (exact) mass is 278 g/mol. The lowest BCUT2D eigenvalue weighted by molar-refractivity contribution is -0.132. The molecular formula is C8H8Br2O. The first-order valence-electron chi connectivity index (χ1n) is 3.73. The van der Waals surface area contributed by atoms with Crippen molar-refractivity contribution < 1.29 is 4.79 Å². The maximum absolute atomic E-state index is 11.4. The summed E-state index contributed by atoms with van der Waals surface area (Å²) in [7, 11) is 0. The molecule has 0 radical (unpaired) electrons. The van der Waals surface area contributed by atoms with Gasteiger partial charge in [-0.1, -0.05) is 44.0 Å². The molecule has 1 nitrogen and oxygen atoms in total. The van der Waals surface area contributed by atoms with Gasteiger partial charge in [-0.3, -0.25) is 4.79 Å². The third-order valence-corrected chi connectivity index (χ3v) is 4.34. The van der Waals surface area contributed by atoms with Crippen molar-refractivity contribution in [2.75, 3.05) is 0 Å². The molecule has 0 aromatic rings. The van der Waals surface area contributed by atoms with Crippen molar-refractivity contribution in [1.82, 2.24) is 0 Å². The number of halogens is 2. The molecule has 1 fully saturated rings. The van der Waals surface area contributed by atoms with Crippen molar-refractivity contribution in [1.29, 1.82) is 0 Å². The zero-order valence-electron chi connectivity index (χ0n) is 5.89. The number of hydrogen-bond donors (Lipinski definition) is 0. The topological polar surface area (TPSA) is 17.1 Å². The second-order valence-corrected chi connectivity index (χ2v) is 6.69. The Hall–Kier alpha value is 0.370. The van der Waals surface area contributed by atoms with Crippen molar-refractivity contribution in [3.8, 4) is 0 Å².